The Morgan fingerprint density at radius 3 is 2.79 bits per heavy atom. The summed E-state index contributed by atoms with van der Waals surface area (Å²) in [7, 11) is 1.53. The fourth-order valence-corrected chi connectivity index (χ4v) is 2.73. The van der Waals surface area contributed by atoms with Crippen LogP contribution in [0.25, 0.3) is 17.0 Å². The molecule has 0 atom stereocenters. The van der Waals surface area contributed by atoms with Crippen molar-refractivity contribution in [1.82, 2.24) is 15.3 Å². The quantitative estimate of drug-likeness (QED) is 0.320. The van der Waals surface area contributed by atoms with Gasteiger partial charge in [0.05, 0.1) is 17.8 Å². The first-order chi connectivity index (χ1) is 14.0. The summed E-state index contributed by atoms with van der Waals surface area (Å²) in [6.45, 7) is 0.725. The molecule has 0 aliphatic carbocycles. The number of rotatable bonds is 7. The number of para-hydroxylation sites is 1. The predicted molar refractivity (Wildman–Crippen MR) is 108 cm³/mol. The number of methoxy groups -OCH3 is 1. The number of aromatic amines is 1. The summed E-state index contributed by atoms with van der Waals surface area (Å²) in [5.74, 6) is -1.42. The second kappa shape index (κ2) is 8.94. The minimum Gasteiger partial charge on any atom is -0.506 e. The van der Waals surface area contributed by atoms with Crippen molar-refractivity contribution >= 4 is 28.7 Å². The molecule has 1 amide bonds. The lowest BCUT2D eigenvalue weighted by atomic mass is 10.1. The molecule has 8 nitrogen and oxygen atoms in total. The maximum absolute atomic E-state index is 12.5. The van der Waals surface area contributed by atoms with Crippen LogP contribution in [0.2, 0.25) is 0 Å². The van der Waals surface area contributed by atoms with Crippen LogP contribution in [-0.2, 0) is 4.74 Å². The molecule has 8 heteroatoms. The Labute approximate surface area is 165 Å². The van der Waals surface area contributed by atoms with Gasteiger partial charge in [-0.25, -0.2) is 4.98 Å². The Morgan fingerprint density at radius 1 is 1.21 bits per heavy atom. The molecule has 0 unspecified atom stereocenters. The number of nitrogens with one attached hydrogen (secondary N) is 2. The fourth-order valence-electron chi connectivity index (χ4n) is 2.73. The molecule has 0 saturated carbocycles. The third-order valence-corrected chi connectivity index (χ3v) is 4.14. The lowest BCUT2D eigenvalue weighted by Gasteiger charge is -2.05. The zero-order chi connectivity index (χ0) is 20.8. The van der Waals surface area contributed by atoms with Crippen LogP contribution in [0.4, 0.5) is 0 Å². The zero-order valence-electron chi connectivity index (χ0n) is 15.6. The lowest BCUT2D eigenvalue weighted by Crippen LogP contribution is -2.27. The number of allylic oxidation sites excluding steroid dienone is 1. The summed E-state index contributed by atoms with van der Waals surface area (Å²) < 4.78 is 4.87. The first-order valence-corrected chi connectivity index (χ1v) is 8.82. The molecule has 1 aromatic carbocycles. The van der Waals surface area contributed by atoms with Crippen molar-refractivity contribution in [2.45, 2.75) is 0 Å². The van der Waals surface area contributed by atoms with E-state index in [1.54, 1.807) is 42.5 Å². The number of hydrogen-bond donors (Lipinski definition) is 3. The molecule has 3 aromatic rings. The van der Waals surface area contributed by atoms with Gasteiger partial charge in [0.15, 0.2) is 5.78 Å². The van der Waals surface area contributed by atoms with Crippen LogP contribution in [0.15, 0.2) is 53.3 Å². The molecule has 0 bridgehead atoms. The summed E-state index contributed by atoms with van der Waals surface area (Å²) in [6.07, 6.45) is 2.51. The zero-order valence-corrected chi connectivity index (χ0v) is 15.6. The number of carbonyl (C=O) groups excluding carboxylic acids is 2. The van der Waals surface area contributed by atoms with Crippen molar-refractivity contribution in [2.75, 3.05) is 20.3 Å². The lowest BCUT2D eigenvalue weighted by molar-refractivity contribution is 0.0931. The number of H-pyrrole nitrogens is 1. The molecule has 3 N–H and O–H groups in total. The van der Waals surface area contributed by atoms with Gasteiger partial charge in [-0.3, -0.25) is 14.4 Å². The number of aromatic hydroxyl groups is 1. The summed E-state index contributed by atoms with van der Waals surface area (Å²) in [6, 6.07) is 11.4. The van der Waals surface area contributed by atoms with Crippen LogP contribution in [0.3, 0.4) is 0 Å². The largest absolute Gasteiger partial charge is 0.506 e. The molecule has 0 fully saturated rings. The highest BCUT2D eigenvalue weighted by Gasteiger charge is 2.17. The monoisotopic (exact) mass is 393 g/mol. The SMILES string of the molecule is COCCNC(=O)c1cccc(C=CC(=O)c2c(O)c3ccccc3[nH]c2=O)n1. The van der Waals surface area contributed by atoms with E-state index in [-0.39, 0.29) is 22.9 Å². The van der Waals surface area contributed by atoms with Gasteiger partial charge in [0.1, 0.15) is 17.0 Å². The van der Waals surface area contributed by atoms with E-state index in [1.807, 2.05) is 0 Å². The molecule has 148 valence electrons. The summed E-state index contributed by atoms with van der Waals surface area (Å²) >= 11 is 0. The standard InChI is InChI=1S/C21H19N3O5/c1-29-12-11-22-20(27)16-8-4-5-13(23-16)9-10-17(25)18-19(26)14-6-2-3-7-15(14)24-21(18)28/h2-10H,11-12H2,1H3,(H,22,27)(H2,24,26,28). The van der Waals surface area contributed by atoms with Gasteiger partial charge in [0, 0.05) is 19.0 Å². The second-order valence-corrected chi connectivity index (χ2v) is 6.12. The maximum Gasteiger partial charge on any atom is 0.269 e. The highest BCUT2D eigenvalue weighted by Crippen LogP contribution is 2.24. The number of hydrogen-bond acceptors (Lipinski definition) is 6. The Morgan fingerprint density at radius 2 is 2.00 bits per heavy atom. The van der Waals surface area contributed by atoms with Crippen molar-refractivity contribution in [3.05, 3.63) is 75.8 Å². The Bertz CT molecular complexity index is 1150. The number of benzene rings is 1. The van der Waals surface area contributed by atoms with Crippen LogP contribution in [0.5, 0.6) is 5.75 Å². The van der Waals surface area contributed by atoms with Crippen LogP contribution < -0.4 is 10.9 Å². The highest BCUT2D eigenvalue weighted by atomic mass is 16.5. The maximum atomic E-state index is 12.5. The fraction of sp³-hybridized carbons (Fsp3) is 0.143. The molecule has 29 heavy (non-hydrogen) atoms. The van der Waals surface area contributed by atoms with Crippen molar-refractivity contribution in [3.63, 3.8) is 0 Å². The van der Waals surface area contributed by atoms with E-state index in [1.165, 1.54) is 13.2 Å². The normalized spacial score (nSPS) is 11.1. The molecule has 2 aromatic heterocycles. The topological polar surface area (TPSA) is 121 Å². The van der Waals surface area contributed by atoms with Gasteiger partial charge in [-0.1, -0.05) is 18.2 Å². The minimum absolute atomic E-state index is 0.183. The van der Waals surface area contributed by atoms with E-state index in [2.05, 4.69) is 15.3 Å². The van der Waals surface area contributed by atoms with Crippen LogP contribution in [0.1, 0.15) is 26.5 Å². The highest BCUT2D eigenvalue weighted by molar-refractivity contribution is 6.11. The number of aromatic nitrogens is 2. The third-order valence-electron chi connectivity index (χ3n) is 4.14. The van der Waals surface area contributed by atoms with E-state index < -0.39 is 11.3 Å². The Balaban J connectivity index is 1.83. The van der Waals surface area contributed by atoms with E-state index >= 15 is 0 Å². The summed E-state index contributed by atoms with van der Waals surface area (Å²) in [5.41, 5.74) is -0.0653. The molecular weight excluding hydrogens is 374 g/mol. The van der Waals surface area contributed by atoms with Crippen molar-refractivity contribution < 1.29 is 19.4 Å². The Kier molecular flexibility index (Phi) is 6.16. The van der Waals surface area contributed by atoms with E-state index in [0.717, 1.165) is 6.08 Å². The van der Waals surface area contributed by atoms with Crippen LogP contribution in [-0.4, -0.2) is 47.0 Å². The number of pyridine rings is 2. The minimum atomic E-state index is -0.685. The molecule has 3 rings (SSSR count). The average Bonchev–Trinajstić information content (AvgIpc) is 2.72. The van der Waals surface area contributed by atoms with Gasteiger partial charge >= 0.3 is 0 Å². The number of nitrogens with zero attached hydrogens (tertiary/aromatic N) is 1. The smallest absolute Gasteiger partial charge is 0.269 e. The van der Waals surface area contributed by atoms with Crippen molar-refractivity contribution in [3.8, 4) is 5.75 Å². The summed E-state index contributed by atoms with van der Waals surface area (Å²) in [5, 5.41) is 13.4. The van der Waals surface area contributed by atoms with Crippen molar-refractivity contribution in [1.29, 1.82) is 0 Å². The van der Waals surface area contributed by atoms with Crippen LogP contribution >= 0.6 is 0 Å². The molecule has 0 radical (unpaired) electrons. The first-order valence-electron chi connectivity index (χ1n) is 8.82. The summed E-state index contributed by atoms with van der Waals surface area (Å²) in [4.78, 5) is 43.5. The number of carbonyl (C=O) groups is 2. The second-order valence-electron chi connectivity index (χ2n) is 6.12. The van der Waals surface area contributed by atoms with E-state index in [0.29, 0.717) is 29.7 Å². The molecular formula is C21H19N3O5. The van der Waals surface area contributed by atoms with Crippen molar-refractivity contribution in [2.24, 2.45) is 0 Å². The number of amides is 1. The van der Waals surface area contributed by atoms with Gasteiger partial charge in [0.2, 0.25) is 0 Å². The van der Waals surface area contributed by atoms with Gasteiger partial charge in [-0.2, -0.15) is 0 Å². The number of ether oxygens (including phenoxy) is 1. The third kappa shape index (κ3) is 4.56. The number of fused-ring (bicyclic) bond motifs is 1. The molecule has 0 aliphatic rings. The van der Waals surface area contributed by atoms with Crippen LogP contribution in [0, 0.1) is 0 Å². The predicted octanol–water partition coefficient (Wildman–Crippen LogP) is 1.90. The van der Waals surface area contributed by atoms with Gasteiger partial charge in [-0.05, 0) is 36.4 Å². The van der Waals surface area contributed by atoms with Gasteiger partial charge < -0.3 is 20.1 Å². The first kappa shape index (κ1) is 20.0. The Hall–Kier alpha value is -3.78. The van der Waals surface area contributed by atoms with E-state index in [4.69, 9.17) is 4.74 Å². The van der Waals surface area contributed by atoms with Gasteiger partial charge in [0.25, 0.3) is 11.5 Å². The van der Waals surface area contributed by atoms with E-state index in [9.17, 15) is 19.5 Å². The van der Waals surface area contributed by atoms with Gasteiger partial charge in [-0.15, -0.1) is 0 Å². The molecule has 0 aliphatic heterocycles. The molecule has 2 heterocycles. The molecule has 0 spiro atoms. The molecule has 0 saturated heterocycles. The number of ketones is 1. The average molecular weight is 393 g/mol.